The number of benzene rings is 1. The molecule has 1 atom stereocenters. The Bertz CT molecular complexity index is 1480. The largest absolute Gasteiger partial charge is 0.489 e. The third-order valence-corrected chi connectivity index (χ3v) is 8.66. The van der Waals surface area contributed by atoms with Crippen LogP contribution in [0.5, 0.6) is 5.75 Å². The van der Waals surface area contributed by atoms with Crippen molar-refractivity contribution in [1.29, 1.82) is 5.26 Å². The van der Waals surface area contributed by atoms with Crippen LogP contribution in [0, 0.1) is 16.7 Å². The van der Waals surface area contributed by atoms with Crippen LogP contribution in [0.1, 0.15) is 37.4 Å². The van der Waals surface area contributed by atoms with Gasteiger partial charge in [-0.3, -0.25) is 4.90 Å². The summed E-state index contributed by atoms with van der Waals surface area (Å²) >= 11 is 0. The van der Waals surface area contributed by atoms with Gasteiger partial charge in [0.15, 0.2) is 0 Å². The highest BCUT2D eigenvalue weighted by atomic mass is 16.5. The molecule has 3 aromatic rings. The fourth-order valence-electron chi connectivity index (χ4n) is 6.15. The first-order valence-electron chi connectivity index (χ1n) is 13.5. The molecule has 5 heterocycles. The van der Waals surface area contributed by atoms with Crippen LogP contribution >= 0.6 is 0 Å². The second kappa shape index (κ2) is 9.09. The van der Waals surface area contributed by atoms with Gasteiger partial charge in [0.2, 0.25) is 0 Å². The number of likely N-dealkylation sites (tertiary alicyclic amines) is 1. The fourth-order valence-corrected chi connectivity index (χ4v) is 6.15. The minimum atomic E-state index is 0.0575. The predicted molar refractivity (Wildman–Crippen MR) is 146 cm³/mol. The molecule has 7 heteroatoms. The average Bonchev–Trinajstić information content (AvgIpc) is 3.33. The Morgan fingerprint density at radius 1 is 1.13 bits per heavy atom. The molecule has 0 amide bonds. The highest BCUT2D eigenvalue weighted by molar-refractivity contribution is 5.96. The number of nitriles is 1. The van der Waals surface area contributed by atoms with Crippen molar-refractivity contribution in [3.63, 3.8) is 0 Å². The van der Waals surface area contributed by atoms with Crippen LogP contribution in [0.25, 0.3) is 27.7 Å². The van der Waals surface area contributed by atoms with E-state index in [2.05, 4.69) is 52.2 Å². The summed E-state index contributed by atoms with van der Waals surface area (Å²) in [6.45, 7) is 7.81. The number of rotatable bonds is 5. The maximum atomic E-state index is 9.86. The third-order valence-electron chi connectivity index (χ3n) is 8.66. The van der Waals surface area contributed by atoms with Crippen molar-refractivity contribution in [3.05, 3.63) is 66.0 Å². The highest BCUT2D eigenvalue weighted by Gasteiger charge is 2.53. The van der Waals surface area contributed by atoms with E-state index in [4.69, 9.17) is 14.2 Å². The molecule has 194 valence electrons. The Balaban J connectivity index is 1.13. The number of fused-ring (bicyclic) bond motifs is 1. The number of nitrogens with zero attached hydrogens (tertiary/aromatic N) is 3. The van der Waals surface area contributed by atoms with Crippen LogP contribution in [0.4, 0.5) is 0 Å². The number of H-pyrrole nitrogens is 1. The molecule has 1 aliphatic carbocycles. The average molecular weight is 509 g/mol. The highest BCUT2D eigenvalue weighted by Crippen LogP contribution is 2.44. The molecule has 38 heavy (non-hydrogen) atoms. The lowest BCUT2D eigenvalue weighted by atomic mass is 9.73. The van der Waals surface area contributed by atoms with Gasteiger partial charge in [-0.1, -0.05) is 24.3 Å². The first kappa shape index (κ1) is 23.7. The van der Waals surface area contributed by atoms with Gasteiger partial charge in [-0.15, -0.1) is 0 Å². The van der Waals surface area contributed by atoms with Crippen LogP contribution in [-0.2, 0) is 9.47 Å². The van der Waals surface area contributed by atoms with Gasteiger partial charge in [-0.05, 0) is 54.3 Å². The van der Waals surface area contributed by atoms with Crippen molar-refractivity contribution in [3.8, 4) is 22.9 Å². The van der Waals surface area contributed by atoms with E-state index in [9.17, 15) is 5.26 Å². The minimum absolute atomic E-state index is 0.0575. The summed E-state index contributed by atoms with van der Waals surface area (Å²) in [6, 6.07) is 12.4. The van der Waals surface area contributed by atoms with Gasteiger partial charge >= 0.3 is 0 Å². The summed E-state index contributed by atoms with van der Waals surface area (Å²) in [5.74, 6) is 0.640. The first-order valence-corrected chi connectivity index (χ1v) is 13.5. The molecule has 4 aliphatic rings. The van der Waals surface area contributed by atoms with E-state index in [1.54, 1.807) is 0 Å². The van der Waals surface area contributed by atoms with Gasteiger partial charge in [-0.25, -0.2) is 4.98 Å². The van der Waals surface area contributed by atoms with Crippen molar-refractivity contribution < 1.29 is 14.2 Å². The maximum absolute atomic E-state index is 9.86. The van der Waals surface area contributed by atoms with E-state index < -0.39 is 0 Å². The number of hydrogen-bond donors (Lipinski definition) is 1. The summed E-state index contributed by atoms with van der Waals surface area (Å²) in [5.41, 5.74) is 6.14. The lowest BCUT2D eigenvalue weighted by Crippen LogP contribution is -2.70. The zero-order valence-electron chi connectivity index (χ0n) is 21.7. The second-order valence-corrected chi connectivity index (χ2v) is 11.5. The number of nitrogens with one attached hydrogen (secondary N) is 1. The summed E-state index contributed by atoms with van der Waals surface area (Å²) in [5, 5.41) is 10.9. The minimum Gasteiger partial charge on any atom is -0.489 e. The fraction of sp³-hybridized carbons (Fsp3) is 0.419. The van der Waals surface area contributed by atoms with Crippen LogP contribution < -0.4 is 4.74 Å². The van der Waals surface area contributed by atoms with Gasteiger partial charge in [0, 0.05) is 54.2 Å². The molecule has 1 unspecified atom stereocenters. The molecule has 7 nitrogen and oxygen atoms in total. The second-order valence-electron chi connectivity index (χ2n) is 11.5. The van der Waals surface area contributed by atoms with Crippen molar-refractivity contribution in [2.75, 3.05) is 39.5 Å². The monoisotopic (exact) mass is 508 g/mol. The van der Waals surface area contributed by atoms with Gasteiger partial charge in [0.25, 0.3) is 0 Å². The van der Waals surface area contributed by atoms with Crippen LogP contribution in [0.2, 0.25) is 0 Å². The van der Waals surface area contributed by atoms with Gasteiger partial charge in [0.1, 0.15) is 23.6 Å². The Morgan fingerprint density at radius 3 is 2.68 bits per heavy atom. The topological polar surface area (TPSA) is 83.4 Å². The Hall–Kier alpha value is -3.44. The zero-order valence-corrected chi connectivity index (χ0v) is 21.7. The van der Waals surface area contributed by atoms with Crippen molar-refractivity contribution in [1.82, 2.24) is 14.9 Å². The Morgan fingerprint density at radius 2 is 1.97 bits per heavy atom. The van der Waals surface area contributed by atoms with Crippen molar-refractivity contribution in [2.24, 2.45) is 5.41 Å². The standard InChI is InChI=1S/C31H32N4O3/c1-30(35-17-31(18-35)19-37-20-31)9-4-21(5-10-30)27-15-26-25(6-11-33-29(26)34-27)22-2-3-28(23(14-22)16-32)38-24-7-12-36-13-8-24/h2-6,9,11,14-15,24H,7-8,10,12-13,17-20H2,1H3,(H,33,34). The third kappa shape index (κ3) is 4.04. The number of hydrogen-bond acceptors (Lipinski definition) is 6. The molecule has 3 saturated heterocycles. The molecule has 3 aliphatic heterocycles. The molecule has 0 saturated carbocycles. The summed E-state index contributed by atoms with van der Waals surface area (Å²) in [6.07, 6.45) is 11.5. The smallest absolute Gasteiger partial charge is 0.138 e. The quantitative estimate of drug-likeness (QED) is 0.517. The Labute approximate surface area is 222 Å². The van der Waals surface area contributed by atoms with Gasteiger partial charge < -0.3 is 19.2 Å². The Kier molecular flexibility index (Phi) is 5.66. The van der Waals surface area contributed by atoms with Crippen LogP contribution in [0.3, 0.4) is 0 Å². The normalized spacial score (nSPS) is 25.0. The van der Waals surface area contributed by atoms with E-state index in [0.29, 0.717) is 29.9 Å². The molecular formula is C31H32N4O3. The number of pyridine rings is 1. The van der Waals surface area contributed by atoms with Crippen LogP contribution in [0.15, 0.2) is 54.8 Å². The summed E-state index contributed by atoms with van der Waals surface area (Å²) in [7, 11) is 0. The van der Waals surface area contributed by atoms with Crippen molar-refractivity contribution >= 4 is 16.6 Å². The number of ether oxygens (including phenoxy) is 3. The van der Waals surface area contributed by atoms with E-state index in [1.165, 1.54) is 5.57 Å². The van der Waals surface area contributed by atoms with E-state index in [1.807, 2.05) is 30.5 Å². The maximum Gasteiger partial charge on any atom is 0.138 e. The van der Waals surface area contributed by atoms with Crippen LogP contribution in [-0.4, -0.2) is 66.0 Å². The predicted octanol–water partition coefficient (Wildman–Crippen LogP) is 5.09. The number of aromatic amines is 1. The van der Waals surface area contributed by atoms with E-state index in [-0.39, 0.29) is 11.6 Å². The summed E-state index contributed by atoms with van der Waals surface area (Å²) < 4.78 is 17.0. The molecule has 1 aromatic carbocycles. The lowest BCUT2D eigenvalue weighted by molar-refractivity contribution is -0.205. The molecule has 0 bridgehead atoms. The van der Waals surface area contributed by atoms with Crippen molar-refractivity contribution in [2.45, 2.75) is 37.8 Å². The molecule has 7 rings (SSSR count). The van der Waals surface area contributed by atoms with E-state index >= 15 is 0 Å². The SMILES string of the molecule is CC1(N2CC3(COC3)C2)C=CC(c2cc3c(-c4ccc(OC5CCOCC5)c(C#N)c4)ccnc3[nH]2)=CC1. The van der Waals surface area contributed by atoms with Gasteiger partial charge in [0.05, 0.1) is 32.0 Å². The molecule has 2 aromatic heterocycles. The molecule has 0 radical (unpaired) electrons. The molecular weight excluding hydrogens is 476 g/mol. The first-order chi connectivity index (χ1) is 18.5. The number of aromatic nitrogens is 2. The van der Waals surface area contributed by atoms with Gasteiger partial charge in [-0.2, -0.15) is 5.26 Å². The molecule has 1 spiro atoms. The molecule has 1 N–H and O–H groups in total. The lowest BCUT2D eigenvalue weighted by Gasteiger charge is -2.60. The zero-order chi connectivity index (χ0) is 25.7. The molecule has 3 fully saturated rings. The summed E-state index contributed by atoms with van der Waals surface area (Å²) in [4.78, 5) is 10.7. The number of allylic oxidation sites excluding steroid dienone is 2. The van der Waals surface area contributed by atoms with E-state index in [0.717, 1.165) is 73.4 Å².